The third-order valence-corrected chi connectivity index (χ3v) is 3.54. The molecule has 1 heterocycles. The van der Waals surface area contributed by atoms with Gasteiger partial charge in [0.25, 0.3) is 0 Å². The minimum absolute atomic E-state index is 0.330. The summed E-state index contributed by atoms with van der Waals surface area (Å²) in [7, 11) is 0. The van der Waals surface area contributed by atoms with Gasteiger partial charge >= 0.3 is 6.09 Å². The van der Waals surface area contributed by atoms with E-state index in [2.05, 4.69) is 18.4 Å². The Kier molecular flexibility index (Phi) is 7.05. The topological polar surface area (TPSA) is 49.8 Å². The predicted octanol–water partition coefficient (Wildman–Crippen LogP) is 3.40. The largest absolute Gasteiger partial charge is 0.444 e. The van der Waals surface area contributed by atoms with Crippen molar-refractivity contribution in [1.29, 1.82) is 0 Å². The molecule has 5 heteroatoms. The molecule has 1 atom stereocenters. The first-order valence-electron chi connectivity index (χ1n) is 7.07. The van der Waals surface area contributed by atoms with Gasteiger partial charge in [0.2, 0.25) is 0 Å². The fourth-order valence-corrected chi connectivity index (χ4v) is 2.22. The summed E-state index contributed by atoms with van der Waals surface area (Å²) >= 11 is 1.77. The number of benzene rings is 1. The number of likely N-dealkylation sites (tertiary alicyclic amines) is 1. The maximum atomic E-state index is 11.4. The molecule has 0 saturated carbocycles. The lowest BCUT2D eigenvalue weighted by atomic mass is 10.2. The van der Waals surface area contributed by atoms with E-state index in [0.29, 0.717) is 19.5 Å². The maximum absolute atomic E-state index is 11.4. The number of hydrogen-bond donors (Lipinski definition) is 1. The molecule has 1 unspecified atom stereocenters. The monoisotopic (exact) mass is 311 g/mol. The molecule has 1 aromatic rings. The number of carbonyl (C=O) groups is 1. The van der Waals surface area contributed by atoms with Crippen LogP contribution in [-0.2, 0) is 4.74 Å². The summed E-state index contributed by atoms with van der Waals surface area (Å²) < 4.78 is 5.15. The van der Waals surface area contributed by atoms with Gasteiger partial charge in [-0.25, -0.2) is 4.79 Å². The van der Waals surface area contributed by atoms with Crippen molar-refractivity contribution in [2.45, 2.75) is 43.8 Å². The molecule has 0 aliphatic carbocycles. The van der Waals surface area contributed by atoms with Gasteiger partial charge in [-0.05, 0) is 45.6 Å². The number of β-amino-alcohol motifs (C(OH)–C–C–N with tert-alkyl or cyclic N) is 1. The zero-order chi connectivity index (χ0) is 15.9. The third-order valence-electron chi connectivity index (χ3n) is 2.79. The van der Waals surface area contributed by atoms with Crippen LogP contribution in [0.5, 0.6) is 0 Å². The molecule has 1 aliphatic rings. The Morgan fingerprint density at radius 3 is 2.33 bits per heavy atom. The van der Waals surface area contributed by atoms with Crippen molar-refractivity contribution < 1.29 is 14.6 Å². The van der Waals surface area contributed by atoms with E-state index in [1.165, 1.54) is 9.80 Å². The van der Waals surface area contributed by atoms with E-state index in [1.807, 2.05) is 39.0 Å². The van der Waals surface area contributed by atoms with Crippen LogP contribution >= 0.6 is 11.8 Å². The molecule has 21 heavy (non-hydrogen) atoms. The van der Waals surface area contributed by atoms with Crippen molar-refractivity contribution in [1.82, 2.24) is 4.90 Å². The first kappa shape index (κ1) is 17.9. The molecule has 1 aromatic carbocycles. The summed E-state index contributed by atoms with van der Waals surface area (Å²) in [5.74, 6) is 0. The minimum Gasteiger partial charge on any atom is -0.444 e. The van der Waals surface area contributed by atoms with Gasteiger partial charge in [0, 0.05) is 18.0 Å². The lowest BCUT2D eigenvalue weighted by molar-refractivity contribution is 0.0270. The molecular weight excluding hydrogens is 286 g/mol. The van der Waals surface area contributed by atoms with Crippen molar-refractivity contribution >= 4 is 17.9 Å². The Balaban J connectivity index is 0.000000235. The summed E-state index contributed by atoms with van der Waals surface area (Å²) in [6.07, 6.45) is 2.02. The van der Waals surface area contributed by atoms with Crippen LogP contribution in [0.4, 0.5) is 4.79 Å². The van der Waals surface area contributed by atoms with E-state index in [-0.39, 0.29) is 12.2 Å². The van der Waals surface area contributed by atoms with Crippen molar-refractivity contribution in [3.05, 3.63) is 30.3 Å². The number of aliphatic hydroxyl groups is 1. The van der Waals surface area contributed by atoms with Crippen molar-refractivity contribution in [2.24, 2.45) is 0 Å². The number of amides is 1. The summed E-state index contributed by atoms with van der Waals surface area (Å²) in [6, 6.07) is 10.3. The van der Waals surface area contributed by atoms with Crippen LogP contribution in [0.3, 0.4) is 0 Å². The molecule has 0 aromatic heterocycles. The van der Waals surface area contributed by atoms with Crippen LogP contribution in [0.15, 0.2) is 35.2 Å². The maximum Gasteiger partial charge on any atom is 0.410 e. The van der Waals surface area contributed by atoms with Crippen LogP contribution in [0.25, 0.3) is 0 Å². The van der Waals surface area contributed by atoms with Gasteiger partial charge in [0.1, 0.15) is 5.60 Å². The van der Waals surface area contributed by atoms with E-state index in [4.69, 9.17) is 4.74 Å². The molecule has 2 rings (SSSR count). The minimum atomic E-state index is -0.454. The lowest BCUT2D eigenvalue weighted by Gasteiger charge is -2.24. The SMILES string of the molecule is CC(C)(C)OC(=O)N1CCC(O)C1.CSc1ccccc1. The molecule has 4 nitrogen and oxygen atoms in total. The number of hydrogen-bond acceptors (Lipinski definition) is 4. The van der Waals surface area contributed by atoms with Gasteiger partial charge in [0.15, 0.2) is 0 Å². The van der Waals surface area contributed by atoms with E-state index >= 15 is 0 Å². The Morgan fingerprint density at radius 2 is 1.95 bits per heavy atom. The summed E-state index contributed by atoms with van der Waals surface area (Å²) in [4.78, 5) is 14.3. The molecule has 1 amide bonds. The van der Waals surface area contributed by atoms with Gasteiger partial charge in [-0.1, -0.05) is 18.2 Å². The summed E-state index contributed by atoms with van der Waals surface area (Å²) in [5, 5.41) is 9.20. The normalized spacial score (nSPS) is 18.0. The second kappa shape index (κ2) is 8.29. The van der Waals surface area contributed by atoms with Gasteiger partial charge < -0.3 is 14.7 Å². The standard InChI is InChI=1S/C9H17NO3.C7H8S/c1-9(2,3)13-8(12)10-5-4-7(11)6-10;1-8-7-5-3-2-4-6-7/h7,11H,4-6H2,1-3H3;2-6H,1H3. The van der Waals surface area contributed by atoms with E-state index in [9.17, 15) is 9.90 Å². The van der Waals surface area contributed by atoms with Crippen LogP contribution < -0.4 is 0 Å². The number of ether oxygens (including phenoxy) is 1. The first-order chi connectivity index (χ1) is 9.81. The van der Waals surface area contributed by atoms with Gasteiger partial charge in [-0.3, -0.25) is 0 Å². The highest BCUT2D eigenvalue weighted by Crippen LogP contribution is 2.14. The molecule has 0 radical (unpaired) electrons. The number of nitrogens with zero attached hydrogens (tertiary/aromatic N) is 1. The number of thioether (sulfide) groups is 1. The van der Waals surface area contributed by atoms with E-state index in [1.54, 1.807) is 11.8 Å². The average Bonchev–Trinajstić information content (AvgIpc) is 2.85. The molecule has 0 spiro atoms. The Labute approximate surface area is 131 Å². The van der Waals surface area contributed by atoms with Crippen LogP contribution in [0, 0.1) is 0 Å². The smallest absolute Gasteiger partial charge is 0.410 e. The Hall–Kier alpha value is -1.20. The second-order valence-electron chi connectivity index (χ2n) is 5.89. The lowest BCUT2D eigenvalue weighted by Crippen LogP contribution is -2.35. The highest BCUT2D eigenvalue weighted by molar-refractivity contribution is 7.98. The summed E-state index contributed by atoms with van der Waals surface area (Å²) in [6.45, 7) is 6.48. The highest BCUT2D eigenvalue weighted by atomic mass is 32.2. The first-order valence-corrected chi connectivity index (χ1v) is 8.29. The number of rotatable bonds is 1. The fraction of sp³-hybridized carbons (Fsp3) is 0.562. The van der Waals surface area contributed by atoms with Gasteiger partial charge in [-0.15, -0.1) is 11.8 Å². The molecule has 1 saturated heterocycles. The molecular formula is C16H25NO3S. The summed E-state index contributed by atoms with van der Waals surface area (Å²) in [5.41, 5.74) is -0.454. The highest BCUT2D eigenvalue weighted by Gasteiger charge is 2.28. The van der Waals surface area contributed by atoms with E-state index in [0.717, 1.165) is 0 Å². The van der Waals surface area contributed by atoms with Crippen LogP contribution in [0.1, 0.15) is 27.2 Å². The molecule has 0 bridgehead atoms. The number of carbonyl (C=O) groups excluding carboxylic acids is 1. The zero-order valence-electron chi connectivity index (χ0n) is 13.2. The quantitative estimate of drug-likeness (QED) is 0.808. The average molecular weight is 311 g/mol. The predicted molar refractivity (Wildman–Crippen MR) is 86.7 cm³/mol. The number of aliphatic hydroxyl groups excluding tert-OH is 1. The van der Waals surface area contributed by atoms with Gasteiger partial charge in [-0.2, -0.15) is 0 Å². The molecule has 118 valence electrons. The van der Waals surface area contributed by atoms with E-state index < -0.39 is 5.60 Å². The molecule has 1 aliphatic heterocycles. The second-order valence-corrected chi connectivity index (χ2v) is 6.77. The fourth-order valence-electron chi connectivity index (χ4n) is 1.79. The van der Waals surface area contributed by atoms with Gasteiger partial charge in [0.05, 0.1) is 6.10 Å². The zero-order valence-corrected chi connectivity index (χ0v) is 14.0. The van der Waals surface area contributed by atoms with Crippen LogP contribution in [-0.4, -0.2) is 47.1 Å². The van der Waals surface area contributed by atoms with Crippen molar-refractivity contribution in [3.63, 3.8) is 0 Å². The van der Waals surface area contributed by atoms with Crippen LogP contribution in [0.2, 0.25) is 0 Å². The van der Waals surface area contributed by atoms with Crippen molar-refractivity contribution in [3.8, 4) is 0 Å². The Bertz CT molecular complexity index is 431. The molecule has 1 fully saturated rings. The third kappa shape index (κ3) is 7.39. The van der Waals surface area contributed by atoms with Crippen molar-refractivity contribution in [2.75, 3.05) is 19.3 Å². The Morgan fingerprint density at radius 1 is 1.33 bits per heavy atom. The molecule has 1 N–H and O–H groups in total.